The summed E-state index contributed by atoms with van der Waals surface area (Å²) in [4.78, 5) is 25.4. The third kappa shape index (κ3) is 4.72. The van der Waals surface area contributed by atoms with Gasteiger partial charge in [-0.2, -0.15) is 5.01 Å². The maximum absolute atomic E-state index is 12.7. The van der Waals surface area contributed by atoms with E-state index >= 15 is 0 Å². The van der Waals surface area contributed by atoms with Gasteiger partial charge in [0.15, 0.2) is 4.32 Å². The molecule has 2 heterocycles. The van der Waals surface area contributed by atoms with Gasteiger partial charge in [-0.05, 0) is 42.0 Å². The summed E-state index contributed by atoms with van der Waals surface area (Å²) >= 11 is 9.79. The minimum Gasteiger partial charge on any atom is -0.457 e. The van der Waals surface area contributed by atoms with Crippen molar-refractivity contribution < 1.29 is 14.0 Å². The number of carbonyl (C=O) groups is 2. The molecule has 0 radical (unpaired) electrons. The Bertz CT molecular complexity index is 1140. The number of thiocarbonyl (C=S) groups is 1. The predicted molar refractivity (Wildman–Crippen MR) is 125 cm³/mol. The highest BCUT2D eigenvalue weighted by Crippen LogP contribution is 2.33. The number of nitrogens with zero attached hydrogens (tertiary/aromatic N) is 1. The maximum Gasteiger partial charge on any atom is 0.285 e. The van der Waals surface area contributed by atoms with E-state index in [1.165, 1.54) is 0 Å². The molecule has 150 valence electrons. The normalized spacial score (nSPS) is 15.1. The largest absolute Gasteiger partial charge is 0.457 e. The van der Waals surface area contributed by atoms with Gasteiger partial charge in [-0.15, -0.1) is 0 Å². The van der Waals surface area contributed by atoms with Crippen LogP contribution >= 0.6 is 39.9 Å². The summed E-state index contributed by atoms with van der Waals surface area (Å²) in [7, 11) is 0. The molecule has 1 aliphatic heterocycles. The molecule has 30 heavy (non-hydrogen) atoms. The lowest BCUT2D eigenvalue weighted by atomic mass is 10.1. The third-order valence-electron chi connectivity index (χ3n) is 4.27. The number of carbonyl (C=O) groups excluding carboxylic acids is 2. The van der Waals surface area contributed by atoms with Crippen LogP contribution in [0.3, 0.4) is 0 Å². The lowest BCUT2D eigenvalue weighted by Gasteiger charge is -2.15. The zero-order valence-corrected chi connectivity index (χ0v) is 18.7. The summed E-state index contributed by atoms with van der Waals surface area (Å²) in [6, 6.07) is 20.7. The van der Waals surface area contributed by atoms with Crippen molar-refractivity contribution in [3.63, 3.8) is 0 Å². The van der Waals surface area contributed by atoms with Crippen LogP contribution in [0, 0.1) is 0 Å². The highest BCUT2D eigenvalue weighted by atomic mass is 79.9. The fourth-order valence-corrected chi connectivity index (χ4v) is 4.26. The Hall–Kier alpha value is -2.68. The van der Waals surface area contributed by atoms with Gasteiger partial charge >= 0.3 is 0 Å². The topological polar surface area (TPSA) is 62.6 Å². The molecule has 1 aromatic heterocycles. The first-order valence-electron chi connectivity index (χ1n) is 8.97. The van der Waals surface area contributed by atoms with Crippen LogP contribution < -0.4 is 5.43 Å². The SMILES string of the molecule is O=C(Cc1ccccc1)NN1C(=O)/C(=C\c2ccc(-c3ccc(Br)cc3)o2)SC1=S. The van der Waals surface area contributed by atoms with Gasteiger partial charge < -0.3 is 4.42 Å². The Morgan fingerprint density at radius 1 is 1.10 bits per heavy atom. The van der Waals surface area contributed by atoms with Crippen molar-refractivity contribution in [1.82, 2.24) is 10.4 Å². The van der Waals surface area contributed by atoms with E-state index in [9.17, 15) is 9.59 Å². The minimum atomic E-state index is -0.381. The van der Waals surface area contributed by atoms with E-state index in [2.05, 4.69) is 21.4 Å². The van der Waals surface area contributed by atoms with Crippen LogP contribution in [0.2, 0.25) is 0 Å². The van der Waals surface area contributed by atoms with Gasteiger partial charge in [0.1, 0.15) is 11.5 Å². The highest BCUT2D eigenvalue weighted by molar-refractivity contribution is 9.10. The number of furan rings is 1. The first-order chi connectivity index (χ1) is 14.5. The number of thioether (sulfide) groups is 1. The fraction of sp³-hybridized carbons (Fsp3) is 0.0455. The number of hydrazine groups is 1. The lowest BCUT2D eigenvalue weighted by molar-refractivity contribution is -0.132. The Balaban J connectivity index is 1.45. The van der Waals surface area contributed by atoms with Crippen molar-refractivity contribution in [3.8, 4) is 11.3 Å². The molecule has 0 aliphatic carbocycles. The van der Waals surface area contributed by atoms with E-state index in [1.807, 2.05) is 60.7 Å². The molecule has 0 bridgehead atoms. The van der Waals surface area contributed by atoms with Crippen molar-refractivity contribution in [2.45, 2.75) is 6.42 Å². The van der Waals surface area contributed by atoms with E-state index in [0.29, 0.717) is 16.4 Å². The monoisotopic (exact) mass is 498 g/mol. The van der Waals surface area contributed by atoms with Crippen molar-refractivity contribution in [2.24, 2.45) is 0 Å². The Labute approximate surface area is 191 Å². The molecule has 0 spiro atoms. The molecule has 1 saturated heterocycles. The zero-order chi connectivity index (χ0) is 21.1. The van der Waals surface area contributed by atoms with Crippen molar-refractivity contribution in [1.29, 1.82) is 0 Å². The molecule has 0 unspecified atom stereocenters. The quantitative estimate of drug-likeness (QED) is 0.387. The molecule has 8 heteroatoms. The van der Waals surface area contributed by atoms with Gasteiger partial charge in [-0.1, -0.05) is 70.2 Å². The summed E-state index contributed by atoms with van der Waals surface area (Å²) in [5.74, 6) is 0.534. The second kappa shape index (κ2) is 8.99. The molecule has 5 nitrogen and oxygen atoms in total. The molecule has 1 N–H and O–H groups in total. The van der Waals surface area contributed by atoms with Gasteiger partial charge in [0.05, 0.1) is 11.3 Å². The molecule has 0 atom stereocenters. The van der Waals surface area contributed by atoms with E-state index in [-0.39, 0.29) is 22.6 Å². The van der Waals surface area contributed by atoms with E-state index in [0.717, 1.165) is 32.4 Å². The molecule has 3 aromatic rings. The predicted octanol–water partition coefficient (Wildman–Crippen LogP) is 5.18. The zero-order valence-electron chi connectivity index (χ0n) is 15.5. The lowest BCUT2D eigenvalue weighted by Crippen LogP contribution is -2.45. The van der Waals surface area contributed by atoms with E-state index in [1.54, 1.807) is 12.1 Å². The smallest absolute Gasteiger partial charge is 0.285 e. The third-order valence-corrected chi connectivity index (χ3v) is 6.10. The molecular formula is C22H15BrN2O3S2. The van der Waals surface area contributed by atoms with Crippen LogP contribution in [0.25, 0.3) is 17.4 Å². The molecule has 4 rings (SSSR count). The van der Waals surface area contributed by atoms with Crippen molar-refractivity contribution in [3.05, 3.63) is 87.4 Å². The average Bonchev–Trinajstić information content (AvgIpc) is 3.30. The number of benzene rings is 2. The number of hydrogen-bond acceptors (Lipinski definition) is 5. The summed E-state index contributed by atoms with van der Waals surface area (Å²) in [5.41, 5.74) is 4.37. The maximum atomic E-state index is 12.7. The van der Waals surface area contributed by atoms with Crippen molar-refractivity contribution >= 4 is 62.1 Å². The van der Waals surface area contributed by atoms with Gasteiger partial charge in [-0.25, -0.2) is 0 Å². The van der Waals surface area contributed by atoms with Gasteiger partial charge in [-0.3, -0.25) is 15.0 Å². The Kier molecular flexibility index (Phi) is 6.17. The average molecular weight is 499 g/mol. The number of amides is 2. The summed E-state index contributed by atoms with van der Waals surface area (Å²) < 4.78 is 7.10. The molecular weight excluding hydrogens is 484 g/mol. The number of rotatable bonds is 5. The molecule has 1 fully saturated rings. The summed E-state index contributed by atoms with van der Waals surface area (Å²) in [6.45, 7) is 0. The summed E-state index contributed by atoms with van der Waals surface area (Å²) in [5, 5.41) is 1.11. The molecule has 1 aliphatic rings. The molecule has 2 aromatic carbocycles. The van der Waals surface area contributed by atoms with Crippen LogP contribution in [0.5, 0.6) is 0 Å². The second-order valence-electron chi connectivity index (χ2n) is 6.42. The van der Waals surface area contributed by atoms with E-state index < -0.39 is 0 Å². The fourth-order valence-electron chi connectivity index (χ4n) is 2.84. The first-order valence-corrected chi connectivity index (χ1v) is 11.0. The van der Waals surface area contributed by atoms with Crippen LogP contribution in [-0.2, 0) is 16.0 Å². The van der Waals surface area contributed by atoms with Crippen LogP contribution in [0.1, 0.15) is 11.3 Å². The standard InChI is InChI=1S/C22H15BrN2O3S2/c23-16-8-6-15(7-9-16)18-11-10-17(28-18)13-19-21(27)25(22(29)30-19)24-20(26)12-14-4-2-1-3-5-14/h1-11,13H,12H2,(H,24,26)/b19-13+. The number of halogens is 1. The first kappa shape index (κ1) is 20.6. The van der Waals surface area contributed by atoms with Gasteiger partial charge in [0.2, 0.25) is 5.91 Å². The second-order valence-corrected chi connectivity index (χ2v) is 9.01. The van der Waals surface area contributed by atoms with Crippen LogP contribution in [-0.4, -0.2) is 21.1 Å². The molecule has 2 amide bonds. The van der Waals surface area contributed by atoms with E-state index in [4.69, 9.17) is 16.6 Å². The van der Waals surface area contributed by atoms with Crippen LogP contribution in [0.4, 0.5) is 0 Å². The van der Waals surface area contributed by atoms with Crippen molar-refractivity contribution in [2.75, 3.05) is 0 Å². The Morgan fingerprint density at radius 2 is 1.83 bits per heavy atom. The summed E-state index contributed by atoms with van der Waals surface area (Å²) in [6.07, 6.45) is 1.79. The Morgan fingerprint density at radius 3 is 2.57 bits per heavy atom. The minimum absolute atomic E-state index is 0.158. The highest BCUT2D eigenvalue weighted by Gasteiger charge is 2.33. The molecule has 0 saturated carbocycles. The number of nitrogens with one attached hydrogen (secondary N) is 1. The van der Waals surface area contributed by atoms with Gasteiger partial charge in [0, 0.05) is 16.1 Å². The van der Waals surface area contributed by atoms with Gasteiger partial charge in [0.25, 0.3) is 5.91 Å². The number of hydrogen-bond donors (Lipinski definition) is 1. The van der Waals surface area contributed by atoms with Crippen LogP contribution in [0.15, 0.2) is 80.5 Å².